The molecule has 0 atom stereocenters. The van der Waals surface area contributed by atoms with Crippen molar-refractivity contribution in [1.29, 1.82) is 0 Å². The van der Waals surface area contributed by atoms with Gasteiger partial charge in [-0.1, -0.05) is 0 Å². The average molecular weight is 209 g/mol. The van der Waals surface area contributed by atoms with Crippen molar-refractivity contribution in [3.8, 4) is 0 Å². The van der Waals surface area contributed by atoms with Crippen molar-refractivity contribution in [3.63, 3.8) is 0 Å². The number of nitrogens with two attached hydrogens (primary N) is 1. The molecule has 0 radical (unpaired) electrons. The van der Waals surface area contributed by atoms with Crippen LogP contribution in [0, 0.1) is 6.92 Å². The van der Waals surface area contributed by atoms with Crippen LogP contribution in [0.2, 0.25) is 0 Å². The number of nitrogens with zero attached hydrogens (tertiary/aromatic N) is 4. The van der Waals surface area contributed by atoms with Crippen molar-refractivity contribution in [2.45, 2.75) is 17.2 Å². The number of anilines is 1. The predicted molar refractivity (Wildman–Crippen MR) is 49.6 cm³/mol. The van der Waals surface area contributed by atoms with Crippen LogP contribution >= 0.6 is 11.8 Å². The molecule has 0 aliphatic carbocycles. The average Bonchev–Trinajstić information content (AvgIpc) is 2.56. The van der Waals surface area contributed by atoms with Crippen LogP contribution in [0.3, 0.4) is 0 Å². The molecule has 2 aromatic rings. The van der Waals surface area contributed by atoms with Gasteiger partial charge in [0.15, 0.2) is 0 Å². The van der Waals surface area contributed by atoms with E-state index in [0.717, 1.165) is 0 Å². The van der Waals surface area contributed by atoms with Crippen molar-refractivity contribution in [2.75, 3.05) is 5.73 Å². The number of aromatic nitrogens is 4. The summed E-state index contributed by atoms with van der Waals surface area (Å²) in [5, 5.41) is 16.2. The van der Waals surface area contributed by atoms with Crippen molar-refractivity contribution >= 4 is 17.6 Å². The summed E-state index contributed by atoms with van der Waals surface area (Å²) >= 11 is 1.25. The van der Waals surface area contributed by atoms with E-state index in [9.17, 15) is 0 Å². The van der Waals surface area contributed by atoms with Gasteiger partial charge in [0, 0.05) is 6.92 Å². The molecule has 6 nitrogen and oxygen atoms in total. The molecule has 2 rings (SSSR count). The Bertz CT molecular complexity index is 426. The minimum Gasteiger partial charge on any atom is -0.416 e. The third-order valence-corrected chi connectivity index (χ3v) is 2.13. The molecular weight excluding hydrogens is 202 g/mol. The molecule has 7 heteroatoms. The number of hydrogen-bond acceptors (Lipinski definition) is 7. The van der Waals surface area contributed by atoms with Gasteiger partial charge >= 0.3 is 0 Å². The summed E-state index contributed by atoms with van der Waals surface area (Å²) in [6, 6.07) is 3.41. The zero-order valence-corrected chi connectivity index (χ0v) is 8.15. The number of hydrogen-bond donors (Lipinski definition) is 1. The van der Waals surface area contributed by atoms with Gasteiger partial charge in [0.25, 0.3) is 5.22 Å². The molecule has 2 aromatic heterocycles. The van der Waals surface area contributed by atoms with Crippen LogP contribution in [0.5, 0.6) is 0 Å². The third kappa shape index (κ3) is 1.99. The van der Waals surface area contributed by atoms with Crippen LogP contribution in [-0.4, -0.2) is 20.4 Å². The summed E-state index contributed by atoms with van der Waals surface area (Å²) in [6.45, 7) is 1.73. The lowest BCUT2D eigenvalue weighted by atomic mass is 10.5. The van der Waals surface area contributed by atoms with Crippen molar-refractivity contribution in [3.05, 3.63) is 18.0 Å². The first-order valence-electron chi connectivity index (χ1n) is 3.81. The molecule has 0 aliphatic rings. The van der Waals surface area contributed by atoms with Crippen molar-refractivity contribution in [1.82, 2.24) is 20.4 Å². The standard InChI is InChI=1S/C7H7N5OS/c1-4-9-12-7(13-4)14-6-3-2-5(8)10-11-6/h2-3H,1H3,(H2,8,10). The second-order valence-electron chi connectivity index (χ2n) is 2.49. The van der Waals surface area contributed by atoms with Crippen molar-refractivity contribution in [2.24, 2.45) is 0 Å². The van der Waals surface area contributed by atoms with E-state index in [4.69, 9.17) is 10.2 Å². The Morgan fingerprint density at radius 2 is 2.07 bits per heavy atom. The van der Waals surface area contributed by atoms with Gasteiger partial charge in [0.2, 0.25) is 5.89 Å². The van der Waals surface area contributed by atoms with E-state index in [0.29, 0.717) is 22.0 Å². The van der Waals surface area contributed by atoms with E-state index in [1.807, 2.05) is 0 Å². The van der Waals surface area contributed by atoms with Gasteiger partial charge in [-0.3, -0.25) is 0 Å². The topological polar surface area (TPSA) is 90.7 Å². The third-order valence-electron chi connectivity index (χ3n) is 1.36. The van der Waals surface area contributed by atoms with Gasteiger partial charge in [-0.2, -0.15) is 0 Å². The second-order valence-corrected chi connectivity index (χ2v) is 3.46. The Kier molecular flexibility index (Phi) is 2.32. The van der Waals surface area contributed by atoms with Crippen LogP contribution in [0.25, 0.3) is 0 Å². The number of rotatable bonds is 2. The lowest BCUT2D eigenvalue weighted by Crippen LogP contribution is -1.92. The molecule has 0 saturated heterocycles. The van der Waals surface area contributed by atoms with Gasteiger partial charge < -0.3 is 10.2 Å². The molecule has 0 spiro atoms. The van der Waals surface area contributed by atoms with E-state index in [2.05, 4.69) is 20.4 Å². The summed E-state index contributed by atoms with van der Waals surface area (Å²) in [6.07, 6.45) is 0. The van der Waals surface area contributed by atoms with Gasteiger partial charge in [0.05, 0.1) is 0 Å². The molecule has 0 fully saturated rings. The summed E-state index contributed by atoms with van der Waals surface area (Å²) in [7, 11) is 0. The Labute approximate surface area is 83.9 Å². The maximum atomic E-state index is 5.39. The minimum absolute atomic E-state index is 0.385. The largest absolute Gasteiger partial charge is 0.416 e. The highest BCUT2D eigenvalue weighted by atomic mass is 32.2. The zero-order valence-electron chi connectivity index (χ0n) is 7.34. The number of aryl methyl sites for hydroxylation is 1. The Morgan fingerprint density at radius 1 is 1.21 bits per heavy atom. The molecule has 2 heterocycles. The maximum absolute atomic E-state index is 5.39. The lowest BCUT2D eigenvalue weighted by molar-refractivity contribution is 0.429. The van der Waals surface area contributed by atoms with Crippen LogP contribution in [-0.2, 0) is 0 Å². The second kappa shape index (κ2) is 3.62. The summed E-state index contributed by atoms with van der Waals surface area (Å²) in [5.74, 6) is 0.909. The van der Waals surface area contributed by atoms with E-state index < -0.39 is 0 Å². The van der Waals surface area contributed by atoms with E-state index >= 15 is 0 Å². The monoisotopic (exact) mass is 209 g/mol. The van der Waals surface area contributed by atoms with Crippen LogP contribution in [0.1, 0.15) is 5.89 Å². The van der Waals surface area contributed by atoms with Gasteiger partial charge in [0.1, 0.15) is 10.8 Å². The SMILES string of the molecule is Cc1nnc(Sc2ccc(N)nn2)o1. The summed E-state index contributed by atoms with van der Waals surface area (Å²) in [4.78, 5) is 0. The molecule has 2 N–H and O–H groups in total. The highest BCUT2D eigenvalue weighted by Gasteiger charge is 2.05. The zero-order chi connectivity index (χ0) is 9.97. The smallest absolute Gasteiger partial charge is 0.282 e. The van der Waals surface area contributed by atoms with Crippen LogP contribution < -0.4 is 5.73 Å². The molecule has 14 heavy (non-hydrogen) atoms. The fourth-order valence-corrected chi connectivity index (χ4v) is 1.43. The van der Waals surface area contributed by atoms with Gasteiger partial charge in [-0.25, -0.2) is 0 Å². The summed E-state index contributed by atoms with van der Waals surface area (Å²) < 4.78 is 5.16. The Balaban J connectivity index is 2.15. The van der Waals surface area contributed by atoms with E-state index in [1.165, 1.54) is 11.8 Å². The molecule has 0 amide bonds. The van der Waals surface area contributed by atoms with Crippen LogP contribution in [0.15, 0.2) is 26.8 Å². The highest BCUT2D eigenvalue weighted by Crippen LogP contribution is 2.23. The molecule has 0 unspecified atom stereocenters. The normalized spacial score (nSPS) is 10.4. The van der Waals surface area contributed by atoms with E-state index in [1.54, 1.807) is 19.1 Å². The molecule has 0 bridgehead atoms. The summed E-state index contributed by atoms with van der Waals surface area (Å²) in [5.41, 5.74) is 5.39. The first-order chi connectivity index (χ1) is 6.74. The molecule has 0 aliphatic heterocycles. The maximum Gasteiger partial charge on any atom is 0.282 e. The molecule has 0 aromatic carbocycles. The molecule has 0 saturated carbocycles. The predicted octanol–water partition coefficient (Wildman–Crippen LogP) is 0.901. The molecular formula is C7H7N5OS. The van der Waals surface area contributed by atoms with Crippen LogP contribution in [0.4, 0.5) is 5.82 Å². The highest BCUT2D eigenvalue weighted by molar-refractivity contribution is 7.99. The lowest BCUT2D eigenvalue weighted by Gasteiger charge is -1.93. The van der Waals surface area contributed by atoms with Crippen molar-refractivity contribution < 1.29 is 4.42 Å². The van der Waals surface area contributed by atoms with Gasteiger partial charge in [-0.05, 0) is 23.9 Å². The van der Waals surface area contributed by atoms with E-state index in [-0.39, 0.29) is 0 Å². The molecule has 72 valence electrons. The first-order valence-corrected chi connectivity index (χ1v) is 4.63. The minimum atomic E-state index is 0.385. The quantitative estimate of drug-likeness (QED) is 0.785. The van der Waals surface area contributed by atoms with Gasteiger partial charge in [-0.15, -0.1) is 20.4 Å². The first kappa shape index (κ1) is 8.95. The fraction of sp³-hybridized carbons (Fsp3) is 0.143. The Hall–Kier alpha value is -1.63. The Morgan fingerprint density at radius 3 is 2.64 bits per heavy atom. The fourth-order valence-electron chi connectivity index (χ4n) is 0.794. The number of nitrogen functional groups attached to an aromatic ring is 1.